The minimum absolute atomic E-state index is 0.897. The minimum atomic E-state index is 0.897. The number of rotatable bonds is 0. The van der Waals surface area contributed by atoms with Crippen LogP contribution >= 0.6 is 0 Å². The molecule has 84 valence electrons. The second kappa shape index (κ2) is 3.35. The fraction of sp³-hybridized carbons (Fsp3) is 0.625. The van der Waals surface area contributed by atoms with Gasteiger partial charge in [0.15, 0.2) is 0 Å². The molecule has 0 heterocycles. The number of hydrogen-bond donors (Lipinski definition) is 0. The molecule has 0 N–H and O–H groups in total. The lowest BCUT2D eigenvalue weighted by Crippen LogP contribution is -2.20. The normalized spacial score (nSPS) is 40.5. The van der Waals surface area contributed by atoms with E-state index >= 15 is 0 Å². The molecule has 16 heavy (non-hydrogen) atoms. The van der Waals surface area contributed by atoms with Crippen LogP contribution in [0, 0.1) is 17.8 Å². The largest absolute Gasteiger partial charge is 0.0842 e. The molecule has 4 aliphatic rings. The Balaban J connectivity index is 1.80. The van der Waals surface area contributed by atoms with Gasteiger partial charge in [-0.2, -0.15) is 0 Å². The van der Waals surface area contributed by atoms with E-state index in [1.54, 1.807) is 11.1 Å². The predicted molar refractivity (Wildman–Crippen MR) is 67.0 cm³/mol. The molecule has 3 unspecified atom stereocenters. The minimum Gasteiger partial charge on any atom is -0.0842 e. The lowest BCUT2D eigenvalue weighted by Gasteiger charge is -2.31. The van der Waals surface area contributed by atoms with Gasteiger partial charge in [-0.05, 0) is 73.8 Å². The van der Waals surface area contributed by atoms with Gasteiger partial charge in [0.25, 0.3) is 0 Å². The summed E-state index contributed by atoms with van der Waals surface area (Å²) in [4.78, 5) is 0. The van der Waals surface area contributed by atoms with Crippen LogP contribution in [0.3, 0.4) is 0 Å². The smallest absolute Gasteiger partial charge is 0.00902 e. The van der Waals surface area contributed by atoms with Crippen molar-refractivity contribution in [2.45, 2.75) is 44.9 Å². The van der Waals surface area contributed by atoms with Crippen molar-refractivity contribution in [3.8, 4) is 0 Å². The van der Waals surface area contributed by atoms with Crippen LogP contribution < -0.4 is 0 Å². The highest BCUT2D eigenvalue weighted by atomic mass is 14.4. The molecular weight excluding hydrogens is 192 g/mol. The Morgan fingerprint density at radius 2 is 2.00 bits per heavy atom. The van der Waals surface area contributed by atoms with E-state index in [2.05, 4.69) is 18.2 Å². The van der Waals surface area contributed by atoms with E-state index in [0.29, 0.717) is 0 Å². The van der Waals surface area contributed by atoms with Crippen molar-refractivity contribution in [3.05, 3.63) is 34.9 Å². The Hall–Kier alpha value is -0.780. The molecule has 0 aromatic carbocycles. The third-order valence-electron chi connectivity index (χ3n) is 5.28. The zero-order valence-corrected chi connectivity index (χ0v) is 9.91. The summed E-state index contributed by atoms with van der Waals surface area (Å²) in [6, 6.07) is 0. The number of allylic oxidation sites excluding steroid dienone is 6. The summed E-state index contributed by atoms with van der Waals surface area (Å²) in [6.07, 6.45) is 17.4. The molecule has 4 rings (SSSR count). The summed E-state index contributed by atoms with van der Waals surface area (Å²) in [7, 11) is 0. The van der Waals surface area contributed by atoms with Gasteiger partial charge in [0.05, 0.1) is 0 Å². The van der Waals surface area contributed by atoms with Crippen molar-refractivity contribution < 1.29 is 0 Å². The van der Waals surface area contributed by atoms with Crippen LogP contribution in [0.4, 0.5) is 0 Å². The van der Waals surface area contributed by atoms with E-state index in [1.165, 1.54) is 44.9 Å². The maximum atomic E-state index is 2.57. The fourth-order valence-corrected chi connectivity index (χ4v) is 4.56. The molecule has 1 saturated carbocycles. The zero-order valence-electron chi connectivity index (χ0n) is 9.91. The molecule has 0 bridgehead atoms. The maximum absolute atomic E-state index is 2.57. The van der Waals surface area contributed by atoms with Gasteiger partial charge in [-0.3, -0.25) is 0 Å². The molecular formula is C16H20. The first-order valence-corrected chi connectivity index (χ1v) is 7.04. The summed E-state index contributed by atoms with van der Waals surface area (Å²) >= 11 is 0. The number of fused-ring (bicyclic) bond motifs is 4. The van der Waals surface area contributed by atoms with E-state index < -0.39 is 0 Å². The molecule has 4 aliphatic carbocycles. The number of hydrogen-bond acceptors (Lipinski definition) is 0. The predicted octanol–water partition coefficient (Wildman–Crippen LogP) is 4.40. The zero-order chi connectivity index (χ0) is 10.5. The Labute approximate surface area is 98.1 Å². The Bertz CT molecular complexity index is 408. The SMILES string of the molecule is C1=CC2=CC3=C4CCCC4CCC3C2CC1. The molecule has 0 saturated heterocycles. The topological polar surface area (TPSA) is 0 Å². The Kier molecular flexibility index (Phi) is 1.94. The molecule has 0 amide bonds. The van der Waals surface area contributed by atoms with Gasteiger partial charge in [0, 0.05) is 0 Å². The van der Waals surface area contributed by atoms with Crippen molar-refractivity contribution in [2.24, 2.45) is 17.8 Å². The van der Waals surface area contributed by atoms with E-state index in [4.69, 9.17) is 0 Å². The molecule has 0 spiro atoms. The lowest BCUT2D eigenvalue weighted by molar-refractivity contribution is 0.352. The standard InChI is InChI=1S/C16H20/c1-2-6-14-12(4-1)10-16-13-7-3-5-11(13)8-9-15(14)16/h1,4,10-11,14-15H,2-3,5-9H2. The molecule has 0 radical (unpaired) electrons. The third-order valence-corrected chi connectivity index (χ3v) is 5.28. The van der Waals surface area contributed by atoms with Crippen molar-refractivity contribution >= 4 is 0 Å². The van der Waals surface area contributed by atoms with E-state index in [0.717, 1.165) is 17.8 Å². The van der Waals surface area contributed by atoms with Gasteiger partial charge in [-0.15, -0.1) is 0 Å². The average Bonchev–Trinajstić information content (AvgIpc) is 2.92. The van der Waals surface area contributed by atoms with Crippen molar-refractivity contribution in [1.29, 1.82) is 0 Å². The van der Waals surface area contributed by atoms with Crippen LogP contribution in [0.1, 0.15) is 44.9 Å². The second-order valence-electron chi connectivity index (χ2n) is 5.98. The van der Waals surface area contributed by atoms with Crippen molar-refractivity contribution in [1.82, 2.24) is 0 Å². The quantitative estimate of drug-likeness (QED) is 0.558. The van der Waals surface area contributed by atoms with Crippen LogP contribution in [0.25, 0.3) is 0 Å². The van der Waals surface area contributed by atoms with Gasteiger partial charge in [0.2, 0.25) is 0 Å². The molecule has 3 atom stereocenters. The fourth-order valence-electron chi connectivity index (χ4n) is 4.56. The summed E-state index contributed by atoms with van der Waals surface area (Å²) in [6.45, 7) is 0. The molecule has 0 nitrogen and oxygen atoms in total. The molecule has 1 fully saturated rings. The van der Waals surface area contributed by atoms with Gasteiger partial charge >= 0.3 is 0 Å². The van der Waals surface area contributed by atoms with Crippen LogP contribution in [0.2, 0.25) is 0 Å². The summed E-state index contributed by atoms with van der Waals surface area (Å²) in [5, 5.41) is 0. The lowest BCUT2D eigenvalue weighted by atomic mass is 9.73. The highest BCUT2D eigenvalue weighted by Crippen LogP contribution is 2.53. The van der Waals surface area contributed by atoms with E-state index in [9.17, 15) is 0 Å². The Morgan fingerprint density at radius 1 is 1.00 bits per heavy atom. The molecule has 0 aromatic heterocycles. The molecule has 0 aromatic rings. The van der Waals surface area contributed by atoms with Gasteiger partial charge in [0.1, 0.15) is 0 Å². The first-order valence-electron chi connectivity index (χ1n) is 7.04. The van der Waals surface area contributed by atoms with Crippen molar-refractivity contribution in [2.75, 3.05) is 0 Å². The van der Waals surface area contributed by atoms with Gasteiger partial charge in [-0.25, -0.2) is 0 Å². The second-order valence-corrected chi connectivity index (χ2v) is 5.98. The first kappa shape index (κ1) is 9.27. The van der Waals surface area contributed by atoms with Crippen LogP contribution in [0.5, 0.6) is 0 Å². The third kappa shape index (κ3) is 1.16. The molecule has 0 aliphatic heterocycles. The summed E-state index contributed by atoms with van der Waals surface area (Å²) in [5.74, 6) is 2.80. The van der Waals surface area contributed by atoms with Crippen LogP contribution in [-0.2, 0) is 0 Å². The van der Waals surface area contributed by atoms with Crippen LogP contribution in [-0.4, -0.2) is 0 Å². The van der Waals surface area contributed by atoms with E-state index in [-0.39, 0.29) is 0 Å². The highest BCUT2D eigenvalue weighted by Gasteiger charge is 2.39. The first-order chi connectivity index (χ1) is 7.93. The highest BCUT2D eigenvalue weighted by molar-refractivity contribution is 5.47. The Morgan fingerprint density at radius 3 is 3.00 bits per heavy atom. The van der Waals surface area contributed by atoms with Gasteiger partial charge in [-0.1, -0.05) is 23.8 Å². The monoisotopic (exact) mass is 212 g/mol. The maximum Gasteiger partial charge on any atom is -0.00902 e. The van der Waals surface area contributed by atoms with Gasteiger partial charge < -0.3 is 0 Å². The van der Waals surface area contributed by atoms with Crippen molar-refractivity contribution in [3.63, 3.8) is 0 Å². The molecule has 0 heteroatoms. The van der Waals surface area contributed by atoms with E-state index in [1.807, 2.05) is 5.57 Å². The van der Waals surface area contributed by atoms with Crippen LogP contribution in [0.15, 0.2) is 34.9 Å². The summed E-state index contributed by atoms with van der Waals surface area (Å²) < 4.78 is 0. The summed E-state index contributed by atoms with van der Waals surface area (Å²) in [5.41, 5.74) is 5.32. The average molecular weight is 212 g/mol.